The molecule has 10 heteroatoms. The van der Waals surface area contributed by atoms with Crippen molar-refractivity contribution in [3.63, 3.8) is 0 Å². The molecule has 6 nitrogen and oxygen atoms in total. The number of hydrogen-bond donors (Lipinski definition) is 2. The van der Waals surface area contributed by atoms with Crippen LogP contribution in [0.5, 0.6) is 0 Å². The van der Waals surface area contributed by atoms with Gasteiger partial charge < -0.3 is 5.11 Å². The molecule has 0 heterocycles. The number of nitrogens with one attached hydrogen (secondary N) is 1. The Kier molecular flexibility index (Phi) is 5.63. The number of aromatic carboxylic acids is 1. The highest BCUT2D eigenvalue weighted by Crippen LogP contribution is 2.24. The zero-order valence-electron chi connectivity index (χ0n) is 10.2. The molecule has 0 saturated heterocycles. The van der Waals surface area contributed by atoms with E-state index in [0.717, 1.165) is 6.07 Å². The van der Waals surface area contributed by atoms with Crippen molar-refractivity contribution in [3.8, 4) is 0 Å². The van der Waals surface area contributed by atoms with Crippen LogP contribution >= 0.6 is 11.6 Å². The van der Waals surface area contributed by atoms with E-state index in [1.807, 2.05) is 0 Å². The molecule has 20 heavy (non-hydrogen) atoms. The summed E-state index contributed by atoms with van der Waals surface area (Å²) in [4.78, 5) is 10.3. The molecule has 0 amide bonds. The first kappa shape index (κ1) is 17.0. The summed E-state index contributed by atoms with van der Waals surface area (Å²) in [7, 11) is -5.29. The maximum atomic E-state index is 13.4. The minimum absolute atomic E-state index is 0.0844. The van der Waals surface area contributed by atoms with Crippen molar-refractivity contribution in [2.45, 2.75) is 4.90 Å². The molecule has 0 bridgehead atoms. The van der Waals surface area contributed by atoms with Crippen molar-refractivity contribution in [1.29, 1.82) is 0 Å². The van der Waals surface area contributed by atoms with Gasteiger partial charge in [-0.05, 0) is 12.1 Å². The molecular formula is C10H11ClFNO5S2. The lowest BCUT2D eigenvalue weighted by Gasteiger charge is -2.08. The highest BCUT2D eigenvalue weighted by molar-refractivity contribution is 7.89. The topological polar surface area (TPSA) is 101 Å². The van der Waals surface area contributed by atoms with Crippen molar-refractivity contribution in [1.82, 2.24) is 4.72 Å². The molecule has 1 aromatic carbocycles. The average molecular weight is 344 g/mol. The zero-order valence-corrected chi connectivity index (χ0v) is 12.6. The van der Waals surface area contributed by atoms with Crippen LogP contribution in [-0.4, -0.2) is 42.3 Å². The van der Waals surface area contributed by atoms with E-state index in [4.69, 9.17) is 16.7 Å². The maximum absolute atomic E-state index is 13.4. The Balaban J connectivity index is 3.13. The summed E-state index contributed by atoms with van der Waals surface area (Å²) in [5.74, 6) is -2.60. The predicted molar refractivity (Wildman–Crippen MR) is 72.5 cm³/mol. The lowest BCUT2D eigenvalue weighted by molar-refractivity contribution is 0.0696. The first-order valence-corrected chi connectivity index (χ1v) is 8.76. The zero-order chi connectivity index (χ0) is 15.5. The van der Waals surface area contributed by atoms with Gasteiger partial charge in [0.05, 0.1) is 15.5 Å². The van der Waals surface area contributed by atoms with E-state index in [-0.39, 0.29) is 12.3 Å². The number of carbonyl (C=O) groups is 1. The molecule has 1 atom stereocenters. The lowest BCUT2D eigenvalue weighted by Crippen LogP contribution is -2.28. The van der Waals surface area contributed by atoms with Crippen LogP contribution in [-0.2, 0) is 20.8 Å². The molecular weight excluding hydrogens is 333 g/mol. The fourth-order valence-electron chi connectivity index (χ4n) is 1.28. The molecule has 1 unspecified atom stereocenters. The van der Waals surface area contributed by atoms with Gasteiger partial charge in [-0.15, -0.1) is 0 Å². The number of sulfonamides is 1. The lowest BCUT2D eigenvalue weighted by atomic mass is 10.2. The summed E-state index contributed by atoms with van der Waals surface area (Å²) < 4.78 is 50.0. The van der Waals surface area contributed by atoms with Crippen molar-refractivity contribution < 1.29 is 26.9 Å². The van der Waals surface area contributed by atoms with E-state index >= 15 is 0 Å². The third-order valence-corrected chi connectivity index (χ3v) is 4.83. The van der Waals surface area contributed by atoms with E-state index in [0.29, 0.717) is 6.07 Å². The Bertz CT molecular complexity index is 662. The fraction of sp³-hybridized carbons (Fsp3) is 0.300. The largest absolute Gasteiger partial charge is 0.478 e. The molecule has 112 valence electrons. The first-order valence-electron chi connectivity index (χ1n) is 5.17. The van der Waals surface area contributed by atoms with Crippen LogP contribution in [0.25, 0.3) is 0 Å². The van der Waals surface area contributed by atoms with Gasteiger partial charge in [0, 0.05) is 29.4 Å². The van der Waals surface area contributed by atoms with Gasteiger partial charge in [-0.25, -0.2) is 22.3 Å². The predicted octanol–water partition coefficient (Wildman–Crippen LogP) is 0.834. The van der Waals surface area contributed by atoms with E-state index in [1.165, 1.54) is 6.26 Å². The van der Waals surface area contributed by atoms with Gasteiger partial charge in [-0.3, -0.25) is 4.21 Å². The number of rotatable bonds is 6. The molecule has 0 spiro atoms. The van der Waals surface area contributed by atoms with Crippen LogP contribution in [0.15, 0.2) is 17.0 Å². The number of carboxylic acids is 1. The molecule has 0 fully saturated rings. The summed E-state index contributed by atoms with van der Waals surface area (Å²) >= 11 is 5.44. The third kappa shape index (κ3) is 4.23. The van der Waals surface area contributed by atoms with Crippen molar-refractivity contribution in [3.05, 3.63) is 28.5 Å². The van der Waals surface area contributed by atoms with Crippen LogP contribution in [0.1, 0.15) is 10.4 Å². The molecule has 0 aliphatic rings. The number of carboxylic acid groups (broad SMARTS) is 1. The Hall–Kier alpha value is -1.03. The minimum atomic E-state index is -4.10. The Morgan fingerprint density at radius 2 is 2.10 bits per heavy atom. The Labute approximate surface area is 122 Å². The quantitative estimate of drug-likeness (QED) is 0.797. The first-order chi connectivity index (χ1) is 9.15. The molecule has 0 aromatic heterocycles. The van der Waals surface area contributed by atoms with E-state index in [2.05, 4.69) is 4.72 Å². The molecule has 0 saturated carbocycles. The second kappa shape index (κ2) is 6.61. The van der Waals surface area contributed by atoms with Gasteiger partial charge in [-0.2, -0.15) is 0 Å². The van der Waals surface area contributed by atoms with Crippen molar-refractivity contribution in [2.75, 3.05) is 18.6 Å². The molecule has 0 aliphatic heterocycles. The molecule has 1 aromatic rings. The monoisotopic (exact) mass is 343 g/mol. The molecule has 0 aliphatic carbocycles. The number of halogens is 2. The van der Waals surface area contributed by atoms with E-state index < -0.39 is 48.1 Å². The van der Waals surface area contributed by atoms with Gasteiger partial charge in [0.2, 0.25) is 10.0 Å². The summed E-state index contributed by atoms with van der Waals surface area (Å²) in [5, 5.41) is 8.16. The standard InChI is InChI=1S/C10H11ClFNO5S2/c1-19(16)3-2-13-20(17,18)6-4-7(10(14)15)9(11)8(12)5-6/h4-5,13H,2-3H2,1H3,(H,14,15). The van der Waals surface area contributed by atoms with Crippen LogP contribution in [0.2, 0.25) is 5.02 Å². The highest BCUT2D eigenvalue weighted by Gasteiger charge is 2.21. The van der Waals surface area contributed by atoms with Gasteiger partial charge >= 0.3 is 5.97 Å². The normalized spacial score (nSPS) is 13.2. The average Bonchev–Trinajstić information content (AvgIpc) is 2.31. The van der Waals surface area contributed by atoms with Crippen molar-refractivity contribution in [2.24, 2.45) is 0 Å². The SMILES string of the molecule is CS(=O)CCNS(=O)(=O)c1cc(F)c(Cl)c(C(=O)O)c1. The second-order valence-electron chi connectivity index (χ2n) is 3.75. The highest BCUT2D eigenvalue weighted by atomic mass is 35.5. The Morgan fingerprint density at radius 3 is 2.60 bits per heavy atom. The minimum Gasteiger partial charge on any atom is -0.478 e. The van der Waals surface area contributed by atoms with Gasteiger partial charge in [0.1, 0.15) is 5.82 Å². The smallest absolute Gasteiger partial charge is 0.337 e. The Morgan fingerprint density at radius 1 is 1.50 bits per heavy atom. The molecule has 2 N–H and O–H groups in total. The third-order valence-electron chi connectivity index (χ3n) is 2.22. The molecule has 1 rings (SSSR count). The van der Waals surface area contributed by atoms with E-state index in [9.17, 15) is 21.8 Å². The number of hydrogen-bond acceptors (Lipinski definition) is 4. The summed E-state index contributed by atoms with van der Waals surface area (Å²) in [5.41, 5.74) is -0.647. The van der Waals surface area contributed by atoms with Gasteiger partial charge in [0.25, 0.3) is 0 Å². The van der Waals surface area contributed by atoms with Crippen molar-refractivity contribution >= 4 is 38.4 Å². The van der Waals surface area contributed by atoms with Gasteiger partial charge in [-0.1, -0.05) is 11.6 Å². The number of benzene rings is 1. The van der Waals surface area contributed by atoms with E-state index in [1.54, 1.807) is 0 Å². The van der Waals surface area contributed by atoms with Crippen LogP contribution in [0, 0.1) is 5.82 Å². The molecule has 0 radical (unpaired) electrons. The fourth-order valence-corrected chi connectivity index (χ4v) is 3.06. The summed E-state index contributed by atoms with van der Waals surface area (Å²) in [6.45, 7) is -0.113. The van der Waals surface area contributed by atoms with Crippen LogP contribution in [0.4, 0.5) is 4.39 Å². The van der Waals surface area contributed by atoms with Crippen LogP contribution < -0.4 is 4.72 Å². The van der Waals surface area contributed by atoms with Crippen LogP contribution in [0.3, 0.4) is 0 Å². The second-order valence-corrected chi connectivity index (χ2v) is 7.45. The maximum Gasteiger partial charge on any atom is 0.337 e. The van der Waals surface area contributed by atoms with Gasteiger partial charge in [0.15, 0.2) is 0 Å². The summed E-state index contributed by atoms with van der Waals surface area (Å²) in [6, 6.07) is 1.39. The summed E-state index contributed by atoms with van der Waals surface area (Å²) in [6.07, 6.45) is 1.40.